The van der Waals surface area contributed by atoms with Gasteiger partial charge in [0.25, 0.3) is 12.3 Å². The number of sulfone groups is 1. The first kappa shape index (κ1) is 47.5. The monoisotopic (exact) mass is 981 g/mol. The lowest BCUT2D eigenvalue weighted by Crippen LogP contribution is -2.35. The minimum absolute atomic E-state index is 0.145. The highest BCUT2D eigenvalue weighted by molar-refractivity contribution is 7.92. The number of carbonyl (C=O) groups is 1. The Hall–Kier alpha value is -5.41. The van der Waals surface area contributed by atoms with Crippen molar-refractivity contribution in [1.29, 1.82) is 0 Å². The number of rotatable bonds is 13. The first-order chi connectivity index (χ1) is 30.0. The summed E-state index contributed by atoms with van der Waals surface area (Å²) in [5.41, 5.74) is -3.97. The van der Waals surface area contributed by atoms with Crippen LogP contribution in [0.1, 0.15) is 72.3 Å². The van der Waals surface area contributed by atoms with Gasteiger partial charge in [0, 0.05) is 34.9 Å². The number of hydrogen-bond donors (Lipinski definition) is 2. The molecule has 2 aliphatic carbocycles. The van der Waals surface area contributed by atoms with Gasteiger partial charge in [-0.3, -0.25) is 18.9 Å². The Morgan fingerprint density at radius 2 is 1.60 bits per heavy atom. The molecule has 0 bridgehead atoms. The van der Waals surface area contributed by atoms with Crippen LogP contribution in [0.15, 0.2) is 42.5 Å². The predicted molar refractivity (Wildman–Crippen MR) is 216 cm³/mol. The normalized spacial score (nSPS) is 17.9. The molecule has 65 heavy (non-hydrogen) atoms. The lowest BCUT2D eigenvalue weighted by atomic mass is 9.93. The maximum absolute atomic E-state index is 15.6. The van der Waals surface area contributed by atoms with E-state index in [0.717, 1.165) is 18.4 Å². The Morgan fingerprint density at radius 1 is 0.954 bits per heavy atom. The lowest BCUT2D eigenvalue weighted by molar-refractivity contribution is -0.141. The molecule has 4 atom stereocenters. The van der Waals surface area contributed by atoms with Gasteiger partial charge in [-0.05, 0) is 74.4 Å². The van der Waals surface area contributed by atoms with Gasteiger partial charge < -0.3 is 5.32 Å². The summed E-state index contributed by atoms with van der Waals surface area (Å²) in [5.74, 6) is -4.95. The van der Waals surface area contributed by atoms with Crippen molar-refractivity contribution in [2.75, 3.05) is 17.2 Å². The number of alkyl halides is 8. The predicted octanol–water partition coefficient (Wildman–Crippen LogP) is 7.92. The van der Waals surface area contributed by atoms with Crippen molar-refractivity contribution in [3.63, 3.8) is 0 Å². The van der Waals surface area contributed by atoms with Crippen molar-refractivity contribution in [2.24, 2.45) is 5.92 Å². The molecule has 12 nitrogen and oxygen atoms in total. The molecular weight excluding hydrogens is 948 g/mol. The van der Waals surface area contributed by atoms with E-state index in [1.54, 1.807) is 0 Å². The number of anilines is 1. The molecule has 0 spiro atoms. The molecule has 7 rings (SSSR count). The number of sulfonamides is 1. The molecule has 0 saturated heterocycles. The highest BCUT2D eigenvalue weighted by Gasteiger charge is 2.67. The van der Waals surface area contributed by atoms with Crippen molar-refractivity contribution < 1.29 is 65.5 Å². The van der Waals surface area contributed by atoms with Gasteiger partial charge >= 0.3 is 6.18 Å². The molecule has 1 amide bonds. The molecule has 25 heteroatoms. The average molecular weight is 982 g/mol. The third kappa shape index (κ3) is 9.63. The third-order valence-corrected chi connectivity index (χ3v) is 13.7. The summed E-state index contributed by atoms with van der Waals surface area (Å²) in [5, 5.41) is 9.41. The van der Waals surface area contributed by atoms with Gasteiger partial charge in [-0.25, -0.2) is 43.8 Å². The summed E-state index contributed by atoms with van der Waals surface area (Å²) in [6, 6.07) is 5.37. The molecule has 1 fully saturated rings. The molecule has 2 aliphatic rings. The van der Waals surface area contributed by atoms with E-state index in [0.29, 0.717) is 21.7 Å². The Kier molecular flexibility index (Phi) is 12.1. The Labute approximate surface area is 368 Å². The maximum atomic E-state index is 15.6. The number of pyridine rings is 1. The largest absolute Gasteiger partial charge is 0.408 e. The maximum Gasteiger partial charge on any atom is 0.408 e. The summed E-state index contributed by atoms with van der Waals surface area (Å²) >= 11 is 6.47. The van der Waals surface area contributed by atoms with E-state index in [4.69, 9.17) is 11.6 Å². The number of amides is 1. The number of nitrogens with one attached hydrogen (secondary N) is 2. The lowest BCUT2D eigenvalue weighted by Gasteiger charge is -2.23. The molecule has 1 saturated carbocycles. The van der Waals surface area contributed by atoms with Crippen LogP contribution < -0.4 is 10.0 Å². The second-order valence-electron chi connectivity index (χ2n) is 16.2. The molecular formula is C40H34ClF10N7O5S2. The number of carbonyl (C=O) groups excluding carboxylic acids is 1. The Morgan fingerprint density at radius 3 is 2.20 bits per heavy atom. The van der Waals surface area contributed by atoms with Crippen molar-refractivity contribution in [2.45, 2.75) is 81.2 Å². The fourth-order valence-corrected chi connectivity index (χ4v) is 8.64. The summed E-state index contributed by atoms with van der Waals surface area (Å²) in [6.07, 6.45) is -10.9. The molecule has 3 aromatic heterocycles. The number of fused-ring (bicyclic) bond motifs is 4. The van der Waals surface area contributed by atoms with E-state index in [1.807, 2.05) is 4.72 Å². The molecule has 3 heterocycles. The Balaban J connectivity index is 1.45. The van der Waals surface area contributed by atoms with Crippen molar-refractivity contribution in [1.82, 2.24) is 29.9 Å². The fourth-order valence-electron chi connectivity index (χ4n) is 7.67. The second-order valence-corrected chi connectivity index (χ2v) is 20.9. The zero-order chi connectivity index (χ0) is 47.9. The molecule has 2 unspecified atom stereocenters. The number of halogens is 11. The zero-order valence-electron chi connectivity index (χ0n) is 34.0. The first-order valence-corrected chi connectivity index (χ1v) is 23.2. The van der Waals surface area contributed by atoms with Gasteiger partial charge in [0.05, 0.1) is 33.9 Å². The van der Waals surface area contributed by atoms with Crippen LogP contribution in [0.25, 0.3) is 22.0 Å². The molecule has 0 radical (unpaired) electrons. The standard InChI is InChI=1S/C40H34ClF10N7O5S2/c1-38(2,64(3,60)61)10-9-21-5-6-22(23-7-8-26(41)30-34(23)58(17-39(47,48)49)55-37(30)56-65(4,62)63)32(52-21)27(13-18-11-19(42)14-20(43)12-18)53-28(59)16-57-35-29(24-15-25(24)40(35,50)51)33(54-57)31(44)36(45)46/h5-8,11-12,14,24-25,27,31,36H,13,15-17H2,1-4H3,(H,53,59)(H,55,56)/t24-,25?,27-,31?/m0/s1. The van der Waals surface area contributed by atoms with E-state index < -0.39 is 133 Å². The summed E-state index contributed by atoms with van der Waals surface area (Å²) in [4.78, 5) is 18.6. The van der Waals surface area contributed by atoms with E-state index in [1.165, 1.54) is 38.1 Å². The van der Waals surface area contributed by atoms with Gasteiger partial charge in [0.15, 0.2) is 15.7 Å². The number of aromatic nitrogens is 5. The summed E-state index contributed by atoms with van der Waals surface area (Å²) in [6.45, 7) is -0.427. The minimum Gasteiger partial charge on any atom is -0.346 e. The molecule has 2 aromatic carbocycles. The van der Waals surface area contributed by atoms with Crippen LogP contribution in [-0.2, 0) is 50.1 Å². The molecule has 348 valence electrons. The number of hydrogen-bond acceptors (Lipinski definition) is 8. The Bertz CT molecular complexity index is 3040. The first-order valence-electron chi connectivity index (χ1n) is 19.1. The quantitative estimate of drug-likeness (QED) is 0.0891. The van der Waals surface area contributed by atoms with Crippen LogP contribution in [-0.4, -0.2) is 77.1 Å². The van der Waals surface area contributed by atoms with Crippen LogP contribution in [0, 0.1) is 29.4 Å². The van der Waals surface area contributed by atoms with Crippen LogP contribution >= 0.6 is 11.6 Å². The van der Waals surface area contributed by atoms with Crippen molar-refractivity contribution >= 4 is 54.1 Å². The van der Waals surface area contributed by atoms with E-state index in [-0.39, 0.29) is 44.9 Å². The van der Waals surface area contributed by atoms with Crippen LogP contribution in [0.3, 0.4) is 0 Å². The van der Waals surface area contributed by atoms with Crippen LogP contribution in [0.4, 0.5) is 49.7 Å². The SMILES string of the molecule is CC(C)(C#Cc1ccc(-c2ccc(Cl)c3c(NS(C)(=O)=O)nn(CC(F)(F)F)c23)c([C@H](Cc2cc(F)cc(F)c2)NC(=O)Cn2nc(C(F)C(F)F)c3c2C(F)(F)C2C[C@H]32)n1)S(C)(=O)=O. The van der Waals surface area contributed by atoms with Gasteiger partial charge in [0.2, 0.25) is 22.1 Å². The smallest absolute Gasteiger partial charge is 0.346 e. The van der Waals surface area contributed by atoms with E-state index >= 15 is 8.78 Å². The van der Waals surface area contributed by atoms with Crippen molar-refractivity contribution in [3.05, 3.63) is 93.0 Å². The molecule has 0 aliphatic heterocycles. The molecule has 5 aromatic rings. The third-order valence-electron chi connectivity index (χ3n) is 10.9. The van der Waals surface area contributed by atoms with Gasteiger partial charge in [-0.15, -0.1) is 0 Å². The number of nitrogens with zero attached hydrogens (tertiary/aromatic N) is 5. The highest BCUT2D eigenvalue weighted by Crippen LogP contribution is 2.68. The topological polar surface area (TPSA) is 158 Å². The van der Waals surface area contributed by atoms with Gasteiger partial charge in [0.1, 0.15) is 46.6 Å². The van der Waals surface area contributed by atoms with Crippen molar-refractivity contribution in [3.8, 4) is 23.0 Å². The van der Waals surface area contributed by atoms with Crippen LogP contribution in [0.5, 0.6) is 0 Å². The summed E-state index contributed by atoms with van der Waals surface area (Å²) < 4.78 is 196. The fraction of sp³-hybridized carbons (Fsp3) is 0.400. The average Bonchev–Trinajstić information content (AvgIpc) is 3.70. The van der Waals surface area contributed by atoms with Gasteiger partial charge in [-0.2, -0.15) is 32.1 Å². The molecule has 2 N–H and O–H groups in total. The number of benzene rings is 2. The van der Waals surface area contributed by atoms with Crippen LogP contribution in [0.2, 0.25) is 5.02 Å². The van der Waals surface area contributed by atoms with E-state index in [9.17, 15) is 56.8 Å². The summed E-state index contributed by atoms with van der Waals surface area (Å²) in [7, 11) is -8.05. The van der Waals surface area contributed by atoms with E-state index in [2.05, 4.69) is 32.3 Å². The highest BCUT2D eigenvalue weighted by atomic mass is 35.5. The minimum atomic E-state index is -4.98. The second kappa shape index (κ2) is 16.5. The van der Waals surface area contributed by atoms with Gasteiger partial charge in [-0.1, -0.05) is 23.6 Å². The zero-order valence-corrected chi connectivity index (χ0v) is 36.4.